The van der Waals surface area contributed by atoms with Crippen LogP contribution in [-0.2, 0) is 6.54 Å². The predicted octanol–water partition coefficient (Wildman–Crippen LogP) is 6.33. The number of amides is 1. The monoisotopic (exact) mass is 587 g/mol. The molecule has 2 aliphatic rings. The minimum absolute atomic E-state index is 0.0148. The maximum atomic E-state index is 13.1. The van der Waals surface area contributed by atoms with Crippen LogP contribution in [0.3, 0.4) is 0 Å². The van der Waals surface area contributed by atoms with Gasteiger partial charge in [0.2, 0.25) is 5.88 Å². The van der Waals surface area contributed by atoms with E-state index in [0.717, 1.165) is 63.4 Å². The lowest BCUT2D eigenvalue weighted by atomic mass is 9.99. The van der Waals surface area contributed by atoms with Gasteiger partial charge in [-0.15, -0.1) is 13.2 Å². The summed E-state index contributed by atoms with van der Waals surface area (Å²) in [5.41, 5.74) is 2.45. The number of nitrogens with zero attached hydrogens (tertiary/aromatic N) is 4. The topological polar surface area (TPSA) is 70.6 Å². The molecule has 0 spiro atoms. The maximum absolute atomic E-state index is 13.1. The number of likely N-dealkylation sites (tertiary alicyclic amines) is 1. The predicted molar refractivity (Wildman–Crippen MR) is 152 cm³/mol. The number of hydrogen-bond donors (Lipinski definition) is 1. The number of ether oxygens (including phenoxy) is 1. The number of anilines is 1. The first-order valence-electron chi connectivity index (χ1n) is 13.9. The average molecular weight is 588 g/mol. The van der Waals surface area contributed by atoms with Crippen LogP contribution < -0.4 is 15.0 Å². The molecule has 1 amide bonds. The van der Waals surface area contributed by atoms with Gasteiger partial charge in [-0.25, -0.2) is 9.97 Å². The fourth-order valence-electron chi connectivity index (χ4n) is 5.34. The van der Waals surface area contributed by atoms with Gasteiger partial charge in [-0.2, -0.15) is 0 Å². The molecular formula is C30H33ClF3N5O2. The van der Waals surface area contributed by atoms with E-state index in [4.69, 9.17) is 16.6 Å². The number of aromatic nitrogens is 2. The van der Waals surface area contributed by atoms with E-state index >= 15 is 0 Å². The van der Waals surface area contributed by atoms with Crippen molar-refractivity contribution in [3.63, 3.8) is 0 Å². The zero-order chi connectivity index (χ0) is 29.0. The number of nitrogens with one attached hydrogen (secondary N) is 1. The van der Waals surface area contributed by atoms with Crippen molar-refractivity contribution in [1.82, 2.24) is 20.2 Å². The summed E-state index contributed by atoms with van der Waals surface area (Å²) in [6, 6.07) is 11.8. The normalized spacial score (nSPS) is 17.4. The van der Waals surface area contributed by atoms with Gasteiger partial charge in [-0.05, 0) is 55.4 Å². The summed E-state index contributed by atoms with van der Waals surface area (Å²) in [5.74, 6) is 0.980. The molecule has 0 radical (unpaired) electrons. The fraction of sp³-hybridized carbons (Fsp3) is 0.433. The van der Waals surface area contributed by atoms with E-state index in [9.17, 15) is 18.0 Å². The minimum Gasteiger partial charge on any atom is -0.388 e. The first kappa shape index (κ1) is 29.1. The number of pyridine rings is 2. The highest BCUT2D eigenvalue weighted by molar-refractivity contribution is 6.36. The smallest absolute Gasteiger partial charge is 0.388 e. The van der Waals surface area contributed by atoms with Gasteiger partial charge in [0.05, 0.1) is 10.6 Å². The number of benzene rings is 1. The van der Waals surface area contributed by atoms with E-state index in [0.29, 0.717) is 16.7 Å². The van der Waals surface area contributed by atoms with Gasteiger partial charge in [-0.1, -0.05) is 36.7 Å². The molecule has 2 saturated heterocycles. The quantitative estimate of drug-likeness (QED) is 0.349. The minimum atomic E-state index is -4.82. The van der Waals surface area contributed by atoms with Gasteiger partial charge in [0.1, 0.15) is 5.82 Å². The Morgan fingerprint density at radius 2 is 1.76 bits per heavy atom. The summed E-state index contributed by atoms with van der Waals surface area (Å²) < 4.78 is 41.1. The highest BCUT2D eigenvalue weighted by Crippen LogP contribution is 2.32. The van der Waals surface area contributed by atoms with Crippen LogP contribution in [0, 0.1) is 5.92 Å². The summed E-state index contributed by atoms with van der Waals surface area (Å²) >= 11 is 6.57. The Bertz CT molecular complexity index is 1320. The zero-order valence-electron chi connectivity index (χ0n) is 22.8. The Labute approximate surface area is 242 Å². The second-order valence-electron chi connectivity index (χ2n) is 10.8. The second kappa shape index (κ2) is 12.7. The number of hydrogen-bond acceptors (Lipinski definition) is 6. The van der Waals surface area contributed by atoms with Gasteiger partial charge in [0, 0.05) is 68.4 Å². The van der Waals surface area contributed by atoms with E-state index < -0.39 is 12.2 Å². The largest absolute Gasteiger partial charge is 0.574 e. The van der Waals surface area contributed by atoms with E-state index in [1.807, 2.05) is 6.20 Å². The second-order valence-corrected chi connectivity index (χ2v) is 11.2. The zero-order valence-corrected chi connectivity index (χ0v) is 23.6. The molecule has 5 rings (SSSR count). The molecule has 0 atom stereocenters. The lowest BCUT2D eigenvalue weighted by Crippen LogP contribution is -2.44. The summed E-state index contributed by atoms with van der Waals surface area (Å²) in [4.78, 5) is 26.2. The van der Waals surface area contributed by atoms with Crippen LogP contribution >= 0.6 is 11.6 Å². The van der Waals surface area contributed by atoms with Crippen molar-refractivity contribution in [1.29, 1.82) is 0 Å². The molecule has 0 aliphatic carbocycles. The van der Waals surface area contributed by atoms with Crippen LogP contribution in [0.15, 0.2) is 54.9 Å². The molecule has 7 nitrogen and oxygen atoms in total. The van der Waals surface area contributed by atoms with E-state index in [-0.39, 0.29) is 17.0 Å². The highest BCUT2D eigenvalue weighted by Gasteiger charge is 2.31. The van der Waals surface area contributed by atoms with Gasteiger partial charge in [0.15, 0.2) is 0 Å². The van der Waals surface area contributed by atoms with Crippen LogP contribution in [0.25, 0.3) is 11.1 Å². The molecular weight excluding hydrogens is 555 g/mol. The molecule has 41 heavy (non-hydrogen) atoms. The lowest BCUT2D eigenvalue weighted by molar-refractivity contribution is -0.276. The van der Waals surface area contributed by atoms with Crippen LogP contribution in [0.2, 0.25) is 5.02 Å². The summed E-state index contributed by atoms with van der Waals surface area (Å²) in [6.07, 6.45) is 2.43. The SMILES string of the molecule is CC1CCN(c2ccc(CN3CCC(NC(=O)c4cccc(-c5ccc(OC(F)(F)F)nc5)c4Cl)CC3)cn2)CC1. The van der Waals surface area contributed by atoms with E-state index in [1.165, 1.54) is 30.7 Å². The number of piperidine rings is 2. The standard InChI is InChI=1S/C30H33ClF3N5O2/c1-20-9-15-39(16-10-20)26-7-5-21(17-35-26)19-38-13-11-23(12-14-38)37-29(40)25-4-2-3-24(28(25)31)22-6-8-27(36-18-22)41-30(32,33)34/h2-8,17-18,20,23H,9-16,19H2,1H3,(H,37,40). The van der Waals surface area contributed by atoms with Gasteiger partial charge in [-0.3, -0.25) is 9.69 Å². The summed E-state index contributed by atoms with van der Waals surface area (Å²) in [5, 5.41) is 3.30. The maximum Gasteiger partial charge on any atom is 0.574 e. The van der Waals surface area contributed by atoms with Crippen molar-refractivity contribution in [2.45, 2.75) is 51.6 Å². The van der Waals surface area contributed by atoms with Gasteiger partial charge in [0.25, 0.3) is 5.91 Å². The van der Waals surface area contributed by atoms with Crippen molar-refractivity contribution in [3.05, 3.63) is 71.0 Å². The van der Waals surface area contributed by atoms with Crippen molar-refractivity contribution >= 4 is 23.3 Å². The fourth-order valence-corrected chi connectivity index (χ4v) is 5.66. The number of carbonyl (C=O) groups excluding carboxylic acids is 1. The molecule has 2 fully saturated rings. The first-order chi connectivity index (χ1) is 19.6. The average Bonchev–Trinajstić information content (AvgIpc) is 2.95. The van der Waals surface area contributed by atoms with Gasteiger partial charge < -0.3 is 15.0 Å². The molecule has 2 aromatic heterocycles. The van der Waals surface area contributed by atoms with Crippen LogP contribution in [0.5, 0.6) is 5.88 Å². The van der Waals surface area contributed by atoms with E-state index in [2.05, 4.69) is 43.9 Å². The Morgan fingerprint density at radius 3 is 2.39 bits per heavy atom. The van der Waals surface area contributed by atoms with Crippen molar-refractivity contribution < 1.29 is 22.7 Å². The molecule has 0 bridgehead atoms. The third kappa shape index (κ3) is 7.68. The van der Waals surface area contributed by atoms with Crippen LogP contribution in [0.4, 0.5) is 19.0 Å². The molecule has 0 saturated carbocycles. The molecule has 218 valence electrons. The number of halogens is 4. The van der Waals surface area contributed by atoms with Crippen molar-refractivity contribution in [3.8, 4) is 17.0 Å². The molecule has 0 unspecified atom stereocenters. The third-order valence-electron chi connectivity index (χ3n) is 7.76. The van der Waals surface area contributed by atoms with Gasteiger partial charge >= 0.3 is 6.36 Å². The summed E-state index contributed by atoms with van der Waals surface area (Å²) in [7, 11) is 0. The highest BCUT2D eigenvalue weighted by atomic mass is 35.5. The number of carbonyl (C=O) groups is 1. The van der Waals surface area contributed by atoms with Crippen LogP contribution in [-0.4, -0.2) is 59.4 Å². The Morgan fingerprint density at radius 1 is 1.00 bits per heavy atom. The third-order valence-corrected chi connectivity index (χ3v) is 8.16. The van der Waals surface area contributed by atoms with E-state index in [1.54, 1.807) is 18.2 Å². The molecule has 4 heterocycles. The van der Waals surface area contributed by atoms with Crippen molar-refractivity contribution in [2.24, 2.45) is 5.92 Å². The molecule has 1 N–H and O–H groups in total. The Hall–Kier alpha value is -3.37. The first-order valence-corrected chi connectivity index (χ1v) is 14.3. The molecule has 3 aromatic rings. The summed E-state index contributed by atoms with van der Waals surface area (Å²) in [6.45, 7) is 6.95. The number of alkyl halides is 3. The lowest BCUT2D eigenvalue weighted by Gasteiger charge is -2.33. The Balaban J connectivity index is 1.13. The number of rotatable bonds is 7. The molecule has 2 aliphatic heterocycles. The molecule has 1 aromatic carbocycles. The molecule has 11 heteroatoms. The van der Waals surface area contributed by atoms with Crippen molar-refractivity contribution in [2.75, 3.05) is 31.1 Å². The van der Waals surface area contributed by atoms with Crippen LogP contribution in [0.1, 0.15) is 48.5 Å². The Kier molecular flexibility index (Phi) is 8.99.